The van der Waals surface area contributed by atoms with E-state index in [-0.39, 0.29) is 0 Å². The van der Waals surface area contributed by atoms with Crippen molar-refractivity contribution in [2.75, 3.05) is 5.73 Å². The lowest BCUT2D eigenvalue weighted by Crippen LogP contribution is -1.89. The zero-order valence-electron chi connectivity index (χ0n) is 10.5. The average Bonchev–Trinajstić information content (AvgIpc) is 2.82. The van der Waals surface area contributed by atoms with Crippen LogP contribution in [0.4, 0.5) is 5.82 Å². The molecule has 3 rings (SSSR count). The smallest absolute Gasteiger partial charge is 0.176 e. The molecule has 1 aromatic carbocycles. The number of anilines is 1. The second kappa shape index (κ2) is 4.57. The van der Waals surface area contributed by atoms with Crippen LogP contribution in [0.2, 0.25) is 0 Å². The van der Waals surface area contributed by atoms with Crippen LogP contribution in [0, 0.1) is 6.92 Å². The van der Waals surface area contributed by atoms with Gasteiger partial charge in [-0.1, -0.05) is 35.0 Å². The quantitative estimate of drug-likeness (QED) is 0.759. The molecule has 2 heterocycles. The van der Waals surface area contributed by atoms with Crippen molar-refractivity contribution in [2.24, 2.45) is 0 Å². The van der Waals surface area contributed by atoms with Crippen LogP contribution in [0.3, 0.4) is 0 Å². The first-order chi connectivity index (χ1) is 9.25. The van der Waals surface area contributed by atoms with Crippen LogP contribution < -0.4 is 5.73 Å². The largest absolute Gasteiger partial charge is 0.380 e. The summed E-state index contributed by atoms with van der Waals surface area (Å²) in [7, 11) is 0. The lowest BCUT2D eigenvalue weighted by Gasteiger charge is -2.03. The molecule has 0 saturated carbocycles. The molecule has 0 saturated heterocycles. The summed E-state index contributed by atoms with van der Waals surface area (Å²) in [6.07, 6.45) is 3.47. The van der Waals surface area contributed by atoms with E-state index in [1.807, 2.05) is 43.3 Å². The van der Waals surface area contributed by atoms with Gasteiger partial charge < -0.3 is 10.3 Å². The van der Waals surface area contributed by atoms with Crippen molar-refractivity contribution >= 4 is 5.82 Å². The van der Waals surface area contributed by atoms with Gasteiger partial charge in [-0.05, 0) is 19.1 Å². The first-order valence-corrected chi connectivity index (χ1v) is 5.98. The van der Waals surface area contributed by atoms with Gasteiger partial charge in [0.25, 0.3) is 0 Å². The number of nitrogens with two attached hydrogens (primary N) is 1. The number of aromatic nitrogens is 2. The Morgan fingerprint density at radius 2 is 1.95 bits per heavy atom. The third-order valence-electron chi connectivity index (χ3n) is 2.95. The number of rotatable bonds is 2. The highest BCUT2D eigenvalue weighted by Crippen LogP contribution is 2.36. The van der Waals surface area contributed by atoms with Crippen LogP contribution in [0.5, 0.6) is 0 Å². The molecular weight excluding hydrogens is 238 g/mol. The van der Waals surface area contributed by atoms with Crippen LogP contribution in [-0.2, 0) is 0 Å². The molecule has 3 aromatic rings. The van der Waals surface area contributed by atoms with E-state index in [0.717, 1.165) is 22.3 Å². The Morgan fingerprint density at radius 3 is 2.68 bits per heavy atom. The van der Waals surface area contributed by atoms with E-state index >= 15 is 0 Å². The third kappa shape index (κ3) is 2.08. The second-order valence-corrected chi connectivity index (χ2v) is 4.38. The zero-order chi connectivity index (χ0) is 13.2. The molecule has 0 aliphatic rings. The van der Waals surface area contributed by atoms with Crippen LogP contribution in [-0.4, -0.2) is 10.1 Å². The standard InChI is InChI=1S/C15H13N3O/c1-10-4-2-5-11(8-10)14-13(15(16)18-19-14)12-6-3-7-17-9-12/h2-9H,1H3,(H2,16,18). The van der Waals surface area contributed by atoms with Gasteiger partial charge in [-0.3, -0.25) is 4.98 Å². The summed E-state index contributed by atoms with van der Waals surface area (Å²) in [5, 5.41) is 3.87. The minimum atomic E-state index is 0.379. The number of pyridine rings is 1. The van der Waals surface area contributed by atoms with E-state index in [0.29, 0.717) is 11.6 Å². The Morgan fingerprint density at radius 1 is 1.11 bits per heavy atom. The van der Waals surface area contributed by atoms with Crippen LogP contribution in [0.1, 0.15) is 5.56 Å². The summed E-state index contributed by atoms with van der Waals surface area (Å²) in [4.78, 5) is 4.11. The van der Waals surface area contributed by atoms with Crippen molar-refractivity contribution in [3.63, 3.8) is 0 Å². The molecule has 0 fully saturated rings. The highest BCUT2D eigenvalue weighted by molar-refractivity contribution is 5.86. The number of benzene rings is 1. The molecule has 0 aliphatic heterocycles. The maximum atomic E-state index is 5.92. The molecule has 0 amide bonds. The van der Waals surface area contributed by atoms with E-state index in [4.69, 9.17) is 10.3 Å². The molecule has 0 spiro atoms. The maximum Gasteiger partial charge on any atom is 0.176 e. The van der Waals surface area contributed by atoms with Crippen molar-refractivity contribution in [2.45, 2.75) is 6.92 Å². The zero-order valence-corrected chi connectivity index (χ0v) is 10.5. The van der Waals surface area contributed by atoms with Gasteiger partial charge >= 0.3 is 0 Å². The average molecular weight is 251 g/mol. The Balaban J connectivity index is 2.19. The monoisotopic (exact) mass is 251 g/mol. The number of hydrogen-bond acceptors (Lipinski definition) is 4. The fraction of sp³-hybridized carbons (Fsp3) is 0.0667. The van der Waals surface area contributed by atoms with Gasteiger partial charge in [0, 0.05) is 23.5 Å². The minimum absolute atomic E-state index is 0.379. The normalized spacial score (nSPS) is 10.6. The number of nitrogens with zero attached hydrogens (tertiary/aromatic N) is 2. The Kier molecular flexibility index (Phi) is 2.76. The lowest BCUT2D eigenvalue weighted by molar-refractivity contribution is 0.436. The molecule has 0 aliphatic carbocycles. The molecule has 0 atom stereocenters. The highest BCUT2D eigenvalue weighted by atomic mass is 16.5. The highest BCUT2D eigenvalue weighted by Gasteiger charge is 2.17. The number of hydrogen-bond donors (Lipinski definition) is 1. The van der Waals surface area contributed by atoms with Gasteiger partial charge in [-0.25, -0.2) is 0 Å². The first kappa shape index (κ1) is 11.5. The SMILES string of the molecule is Cc1cccc(-c2onc(N)c2-c2cccnc2)c1. The van der Waals surface area contributed by atoms with E-state index < -0.39 is 0 Å². The summed E-state index contributed by atoms with van der Waals surface area (Å²) >= 11 is 0. The van der Waals surface area contributed by atoms with E-state index in [1.165, 1.54) is 0 Å². The molecule has 2 N–H and O–H groups in total. The summed E-state index contributed by atoms with van der Waals surface area (Å²) in [6.45, 7) is 2.03. The van der Waals surface area contributed by atoms with Gasteiger partial charge in [0.15, 0.2) is 11.6 Å². The van der Waals surface area contributed by atoms with Crippen LogP contribution in [0.25, 0.3) is 22.5 Å². The molecule has 19 heavy (non-hydrogen) atoms. The van der Waals surface area contributed by atoms with Crippen molar-refractivity contribution in [1.29, 1.82) is 0 Å². The Hall–Kier alpha value is -2.62. The minimum Gasteiger partial charge on any atom is -0.380 e. The first-order valence-electron chi connectivity index (χ1n) is 5.98. The summed E-state index contributed by atoms with van der Waals surface area (Å²) < 4.78 is 5.39. The van der Waals surface area contributed by atoms with Crippen molar-refractivity contribution < 1.29 is 4.52 Å². The summed E-state index contributed by atoms with van der Waals surface area (Å²) in [5.74, 6) is 1.05. The van der Waals surface area contributed by atoms with E-state index in [2.05, 4.69) is 10.1 Å². The molecule has 0 radical (unpaired) electrons. The molecular formula is C15H13N3O. The molecule has 0 unspecified atom stereocenters. The Bertz CT molecular complexity index is 704. The predicted molar refractivity (Wildman–Crippen MR) is 74.3 cm³/mol. The fourth-order valence-electron chi connectivity index (χ4n) is 2.08. The molecule has 94 valence electrons. The van der Waals surface area contributed by atoms with Gasteiger partial charge in [-0.2, -0.15) is 0 Å². The topological polar surface area (TPSA) is 64.9 Å². The molecule has 4 nitrogen and oxygen atoms in total. The summed E-state index contributed by atoms with van der Waals surface area (Å²) in [6, 6.07) is 11.8. The van der Waals surface area contributed by atoms with Gasteiger partial charge in [0.2, 0.25) is 0 Å². The molecule has 0 bridgehead atoms. The van der Waals surface area contributed by atoms with Crippen LogP contribution >= 0.6 is 0 Å². The molecule has 2 aromatic heterocycles. The third-order valence-corrected chi connectivity index (χ3v) is 2.95. The number of nitrogen functional groups attached to an aromatic ring is 1. The van der Waals surface area contributed by atoms with Crippen molar-refractivity contribution in [3.8, 4) is 22.5 Å². The number of aryl methyl sites for hydroxylation is 1. The lowest BCUT2D eigenvalue weighted by atomic mass is 10.0. The Labute approximate surface area is 110 Å². The van der Waals surface area contributed by atoms with E-state index in [1.54, 1.807) is 12.4 Å². The van der Waals surface area contributed by atoms with Crippen LogP contribution in [0.15, 0.2) is 53.3 Å². The second-order valence-electron chi connectivity index (χ2n) is 4.38. The predicted octanol–water partition coefficient (Wildman–Crippen LogP) is 3.29. The fourth-order valence-corrected chi connectivity index (χ4v) is 2.08. The van der Waals surface area contributed by atoms with Gasteiger partial charge in [-0.15, -0.1) is 0 Å². The molecule has 4 heteroatoms. The van der Waals surface area contributed by atoms with Gasteiger partial charge in [0.1, 0.15) is 0 Å². The van der Waals surface area contributed by atoms with Crippen molar-refractivity contribution in [1.82, 2.24) is 10.1 Å². The van der Waals surface area contributed by atoms with Crippen molar-refractivity contribution in [3.05, 3.63) is 54.4 Å². The van der Waals surface area contributed by atoms with E-state index in [9.17, 15) is 0 Å². The summed E-state index contributed by atoms with van der Waals surface area (Å²) in [5.41, 5.74) is 9.73. The maximum absolute atomic E-state index is 5.92. The van der Waals surface area contributed by atoms with Gasteiger partial charge in [0.05, 0.1) is 5.56 Å².